The molecule has 2 aromatic rings. The van der Waals surface area contributed by atoms with Crippen LogP contribution in [-0.4, -0.2) is 10.1 Å². The third-order valence-corrected chi connectivity index (χ3v) is 4.16. The molecule has 0 unspecified atom stereocenters. The van der Waals surface area contributed by atoms with Gasteiger partial charge in [0.05, 0.1) is 0 Å². The highest BCUT2D eigenvalue weighted by molar-refractivity contribution is 7.99. The molecule has 0 saturated heterocycles. The first-order valence-electron chi connectivity index (χ1n) is 4.59. The third kappa shape index (κ3) is 1.37. The molecule has 0 spiro atoms. The minimum Gasteiger partial charge on any atom is -0.201 e. The summed E-state index contributed by atoms with van der Waals surface area (Å²) in [5.74, 6) is 1.24. The van der Waals surface area contributed by atoms with Gasteiger partial charge in [-0.3, -0.25) is 0 Å². The van der Waals surface area contributed by atoms with Crippen LogP contribution in [-0.2, 0) is 6.42 Å². The summed E-state index contributed by atoms with van der Waals surface area (Å²) in [5.41, 5.74) is 4.05. The van der Waals surface area contributed by atoms with Crippen molar-refractivity contribution in [2.45, 2.75) is 11.3 Å². The maximum Gasteiger partial charge on any atom is 0.0485 e. The lowest BCUT2D eigenvalue weighted by atomic mass is 10.1. The van der Waals surface area contributed by atoms with Crippen molar-refractivity contribution >= 4 is 23.3 Å². The fourth-order valence-corrected chi connectivity index (χ4v) is 3.31. The predicted octanol–water partition coefficient (Wildman–Crippen LogP) is 3.46. The van der Waals surface area contributed by atoms with E-state index in [1.807, 2.05) is 18.0 Å². The lowest BCUT2D eigenvalue weighted by Gasteiger charge is -2.01. The van der Waals surface area contributed by atoms with Crippen molar-refractivity contribution in [3.63, 3.8) is 0 Å². The van der Waals surface area contributed by atoms with Gasteiger partial charge in [-0.2, -0.15) is 0 Å². The van der Waals surface area contributed by atoms with E-state index in [-0.39, 0.29) is 0 Å². The third-order valence-electron chi connectivity index (χ3n) is 2.46. The number of nitrogens with zero attached hydrogens (tertiary/aromatic N) is 1. The Morgan fingerprint density at radius 3 is 3.07 bits per heavy atom. The summed E-state index contributed by atoms with van der Waals surface area (Å²) in [4.78, 5) is 1.46. The first kappa shape index (κ1) is 8.50. The maximum atomic E-state index is 4.13. The van der Waals surface area contributed by atoms with Gasteiger partial charge in [-0.1, -0.05) is 6.07 Å². The van der Waals surface area contributed by atoms with Gasteiger partial charge in [0.1, 0.15) is 0 Å². The van der Waals surface area contributed by atoms with Gasteiger partial charge in [0.2, 0.25) is 0 Å². The van der Waals surface area contributed by atoms with Crippen LogP contribution in [0.5, 0.6) is 0 Å². The zero-order valence-corrected chi connectivity index (χ0v) is 9.20. The maximum absolute atomic E-state index is 4.13. The van der Waals surface area contributed by atoms with Crippen LogP contribution in [0.15, 0.2) is 34.7 Å². The van der Waals surface area contributed by atoms with Crippen LogP contribution >= 0.6 is 23.3 Å². The molecule has 0 atom stereocenters. The standard InChI is InChI=1S/C11H9NS2/c1-2-11-9(3-4-13-11)5-8(1)10-6-12-14-7-10/h1-2,5-7H,3-4H2. The van der Waals surface area contributed by atoms with Gasteiger partial charge in [0.15, 0.2) is 0 Å². The second kappa shape index (κ2) is 3.41. The Morgan fingerprint density at radius 2 is 2.21 bits per heavy atom. The number of thioether (sulfide) groups is 1. The number of fused-ring (bicyclic) bond motifs is 1. The second-order valence-corrected chi connectivity index (χ2v) is 5.13. The van der Waals surface area contributed by atoms with Gasteiger partial charge in [-0.15, -0.1) is 11.8 Å². The average Bonchev–Trinajstić information content (AvgIpc) is 2.88. The summed E-state index contributed by atoms with van der Waals surface area (Å²) in [5, 5.41) is 2.10. The number of benzene rings is 1. The SMILES string of the molecule is c1cc2c(cc1-c1cnsc1)CCS2. The highest BCUT2D eigenvalue weighted by atomic mass is 32.2. The zero-order chi connectivity index (χ0) is 9.38. The molecule has 2 heterocycles. The van der Waals surface area contributed by atoms with Crippen LogP contribution in [0.3, 0.4) is 0 Å². The smallest absolute Gasteiger partial charge is 0.0485 e. The molecule has 3 rings (SSSR count). The molecule has 1 aromatic carbocycles. The molecule has 14 heavy (non-hydrogen) atoms. The highest BCUT2D eigenvalue weighted by Gasteiger charge is 2.11. The highest BCUT2D eigenvalue weighted by Crippen LogP contribution is 2.34. The Labute approximate surface area is 91.3 Å². The Bertz CT molecular complexity index is 448. The van der Waals surface area contributed by atoms with Gasteiger partial charge in [0, 0.05) is 27.8 Å². The van der Waals surface area contributed by atoms with Gasteiger partial charge in [0.25, 0.3) is 0 Å². The molecular formula is C11H9NS2. The molecular weight excluding hydrogens is 210 g/mol. The Kier molecular flexibility index (Phi) is 2.07. The van der Waals surface area contributed by atoms with Crippen LogP contribution < -0.4 is 0 Å². The summed E-state index contributed by atoms with van der Waals surface area (Å²) in [6.07, 6.45) is 3.15. The number of rotatable bonds is 1. The lowest BCUT2D eigenvalue weighted by molar-refractivity contribution is 1.15. The molecule has 70 valence electrons. The molecule has 1 aliphatic heterocycles. The first-order chi connectivity index (χ1) is 6.93. The van der Waals surface area contributed by atoms with E-state index < -0.39 is 0 Å². The van der Waals surface area contributed by atoms with E-state index in [2.05, 4.69) is 28.0 Å². The molecule has 1 aliphatic rings. The zero-order valence-electron chi connectivity index (χ0n) is 7.56. The fourth-order valence-electron chi connectivity index (χ4n) is 1.71. The normalized spacial score (nSPS) is 14.3. The first-order valence-corrected chi connectivity index (χ1v) is 6.41. The molecule has 3 heteroatoms. The Morgan fingerprint density at radius 1 is 1.21 bits per heavy atom. The second-order valence-electron chi connectivity index (χ2n) is 3.33. The number of hydrogen-bond donors (Lipinski definition) is 0. The van der Waals surface area contributed by atoms with Crippen LogP contribution in [0.25, 0.3) is 11.1 Å². The van der Waals surface area contributed by atoms with Gasteiger partial charge >= 0.3 is 0 Å². The van der Waals surface area contributed by atoms with Crippen molar-refractivity contribution in [2.24, 2.45) is 0 Å². The number of aromatic nitrogens is 1. The summed E-state index contributed by atoms with van der Waals surface area (Å²) in [6, 6.07) is 6.74. The van der Waals surface area contributed by atoms with E-state index in [9.17, 15) is 0 Å². The van der Waals surface area contributed by atoms with Crippen molar-refractivity contribution in [3.05, 3.63) is 35.3 Å². The predicted molar refractivity (Wildman–Crippen MR) is 62.0 cm³/mol. The molecule has 1 nitrogen and oxygen atoms in total. The van der Waals surface area contributed by atoms with E-state index >= 15 is 0 Å². The lowest BCUT2D eigenvalue weighted by Crippen LogP contribution is -1.81. The minimum absolute atomic E-state index is 1.21. The molecule has 0 bridgehead atoms. The van der Waals surface area contributed by atoms with E-state index in [0.717, 1.165) is 0 Å². The van der Waals surface area contributed by atoms with E-state index in [0.29, 0.717) is 0 Å². The number of hydrogen-bond acceptors (Lipinski definition) is 3. The molecule has 0 radical (unpaired) electrons. The summed E-state index contributed by atoms with van der Waals surface area (Å²) in [6.45, 7) is 0. The monoisotopic (exact) mass is 219 g/mol. The largest absolute Gasteiger partial charge is 0.201 e. The Hall–Kier alpha value is -0.800. The average molecular weight is 219 g/mol. The summed E-state index contributed by atoms with van der Waals surface area (Å²) >= 11 is 3.47. The summed E-state index contributed by atoms with van der Waals surface area (Å²) in [7, 11) is 0. The molecule has 1 aromatic heterocycles. The van der Waals surface area contributed by atoms with Crippen LogP contribution in [0.2, 0.25) is 0 Å². The number of aryl methyl sites for hydroxylation is 1. The van der Waals surface area contributed by atoms with Gasteiger partial charge in [-0.05, 0) is 41.2 Å². The van der Waals surface area contributed by atoms with Crippen LogP contribution in [0.4, 0.5) is 0 Å². The summed E-state index contributed by atoms with van der Waals surface area (Å²) < 4.78 is 4.13. The van der Waals surface area contributed by atoms with Gasteiger partial charge in [-0.25, -0.2) is 4.37 Å². The van der Waals surface area contributed by atoms with E-state index in [1.54, 1.807) is 0 Å². The van der Waals surface area contributed by atoms with Crippen molar-refractivity contribution in [1.29, 1.82) is 0 Å². The molecule has 0 saturated carbocycles. The van der Waals surface area contributed by atoms with Crippen molar-refractivity contribution in [1.82, 2.24) is 4.37 Å². The quantitative estimate of drug-likeness (QED) is 0.728. The van der Waals surface area contributed by atoms with Crippen molar-refractivity contribution in [2.75, 3.05) is 5.75 Å². The molecule has 0 aliphatic carbocycles. The van der Waals surface area contributed by atoms with Crippen molar-refractivity contribution < 1.29 is 0 Å². The van der Waals surface area contributed by atoms with E-state index in [4.69, 9.17) is 0 Å². The van der Waals surface area contributed by atoms with Crippen molar-refractivity contribution in [3.8, 4) is 11.1 Å². The molecule has 0 amide bonds. The minimum atomic E-state index is 1.21. The molecule has 0 N–H and O–H groups in total. The topological polar surface area (TPSA) is 12.9 Å². The van der Waals surface area contributed by atoms with Crippen LogP contribution in [0, 0.1) is 0 Å². The fraction of sp³-hybridized carbons (Fsp3) is 0.182. The van der Waals surface area contributed by atoms with Gasteiger partial charge < -0.3 is 0 Å². The molecule has 0 fully saturated rings. The Balaban J connectivity index is 2.09. The van der Waals surface area contributed by atoms with Crippen LogP contribution in [0.1, 0.15) is 5.56 Å². The van der Waals surface area contributed by atoms with E-state index in [1.165, 1.54) is 45.3 Å².